The van der Waals surface area contributed by atoms with Gasteiger partial charge in [0.15, 0.2) is 0 Å². The van der Waals surface area contributed by atoms with Crippen LogP contribution >= 0.6 is 11.6 Å². The molecule has 1 N–H and O–H groups in total. The molecule has 0 radical (unpaired) electrons. The van der Waals surface area contributed by atoms with Crippen LogP contribution in [0.4, 0.5) is 0 Å². The summed E-state index contributed by atoms with van der Waals surface area (Å²) in [5, 5.41) is 10.1. The van der Waals surface area contributed by atoms with E-state index < -0.39 is 0 Å². The average molecular weight is 227 g/mol. The lowest BCUT2D eigenvalue weighted by Crippen LogP contribution is -2.36. The maximum absolute atomic E-state index is 9.39. The number of aliphatic hydroxyl groups excluding tert-OH is 1. The van der Waals surface area contributed by atoms with Gasteiger partial charge in [-0.05, 0) is 43.9 Å². The van der Waals surface area contributed by atoms with Crippen molar-refractivity contribution in [2.45, 2.75) is 31.3 Å². The number of ether oxygens (including phenoxy) is 1. The molecule has 82 valence electrons. The Balaban J connectivity index is 2.12. The van der Waals surface area contributed by atoms with E-state index in [1.165, 1.54) is 0 Å². The van der Waals surface area contributed by atoms with Gasteiger partial charge in [-0.25, -0.2) is 0 Å². The highest BCUT2D eigenvalue weighted by molar-refractivity contribution is 6.30. The summed E-state index contributed by atoms with van der Waals surface area (Å²) < 4.78 is 5.86. The van der Waals surface area contributed by atoms with E-state index in [0.717, 1.165) is 31.4 Å². The lowest BCUT2D eigenvalue weighted by atomic mass is 10.0. The number of aliphatic hydroxyl groups is 1. The number of hydrogen-bond acceptors (Lipinski definition) is 2. The van der Waals surface area contributed by atoms with Crippen molar-refractivity contribution < 1.29 is 9.84 Å². The minimum absolute atomic E-state index is 0.0829. The maximum atomic E-state index is 9.39. The Kier molecular flexibility index (Phi) is 3.17. The molecule has 2 nitrogen and oxygen atoms in total. The van der Waals surface area contributed by atoms with Gasteiger partial charge in [0.25, 0.3) is 0 Å². The molecule has 0 aromatic heterocycles. The third-order valence-corrected chi connectivity index (χ3v) is 3.17. The lowest BCUT2D eigenvalue weighted by Gasteiger charge is -2.28. The van der Waals surface area contributed by atoms with E-state index in [1.807, 2.05) is 18.2 Å². The molecular formula is C12H15ClO2. The molecule has 0 atom stereocenters. The van der Waals surface area contributed by atoms with Gasteiger partial charge >= 0.3 is 0 Å². The Morgan fingerprint density at radius 2 is 2.07 bits per heavy atom. The van der Waals surface area contributed by atoms with Crippen LogP contribution in [-0.2, 0) is 0 Å². The molecule has 0 bridgehead atoms. The highest BCUT2D eigenvalue weighted by Crippen LogP contribution is 2.34. The van der Waals surface area contributed by atoms with Crippen LogP contribution in [0.25, 0.3) is 0 Å². The Morgan fingerprint density at radius 1 is 1.33 bits per heavy atom. The van der Waals surface area contributed by atoms with E-state index in [1.54, 1.807) is 6.07 Å². The summed E-state index contributed by atoms with van der Waals surface area (Å²) in [6, 6.07) is 7.34. The molecule has 1 fully saturated rings. The van der Waals surface area contributed by atoms with Crippen molar-refractivity contribution in [3.05, 3.63) is 29.3 Å². The summed E-state index contributed by atoms with van der Waals surface area (Å²) in [5.41, 5.74) is -0.370. The van der Waals surface area contributed by atoms with E-state index in [-0.39, 0.29) is 12.2 Å². The van der Waals surface area contributed by atoms with Gasteiger partial charge in [-0.3, -0.25) is 0 Å². The van der Waals surface area contributed by atoms with Crippen molar-refractivity contribution in [2.24, 2.45) is 0 Å². The van der Waals surface area contributed by atoms with Crippen LogP contribution in [0.5, 0.6) is 5.75 Å². The summed E-state index contributed by atoms with van der Waals surface area (Å²) in [6.45, 7) is 0.0829. The summed E-state index contributed by atoms with van der Waals surface area (Å²) in [4.78, 5) is 0. The smallest absolute Gasteiger partial charge is 0.132 e. The topological polar surface area (TPSA) is 29.5 Å². The highest BCUT2D eigenvalue weighted by Gasteiger charge is 2.35. The van der Waals surface area contributed by atoms with Gasteiger partial charge in [-0.1, -0.05) is 17.7 Å². The molecule has 2 rings (SSSR count). The zero-order chi connectivity index (χ0) is 10.7. The van der Waals surface area contributed by atoms with E-state index in [0.29, 0.717) is 5.02 Å². The summed E-state index contributed by atoms with van der Waals surface area (Å²) in [7, 11) is 0. The van der Waals surface area contributed by atoms with Gasteiger partial charge in [-0.15, -0.1) is 0 Å². The quantitative estimate of drug-likeness (QED) is 0.859. The molecule has 0 unspecified atom stereocenters. The second kappa shape index (κ2) is 4.42. The van der Waals surface area contributed by atoms with E-state index in [9.17, 15) is 5.11 Å². The van der Waals surface area contributed by atoms with Crippen molar-refractivity contribution in [1.29, 1.82) is 0 Å². The van der Waals surface area contributed by atoms with Gasteiger partial charge in [0.1, 0.15) is 11.4 Å². The maximum Gasteiger partial charge on any atom is 0.132 e. The minimum Gasteiger partial charge on any atom is -0.485 e. The van der Waals surface area contributed by atoms with Crippen molar-refractivity contribution in [3.63, 3.8) is 0 Å². The summed E-state index contributed by atoms with van der Waals surface area (Å²) in [6.07, 6.45) is 4.11. The zero-order valence-corrected chi connectivity index (χ0v) is 9.33. The molecular weight excluding hydrogens is 212 g/mol. The second-order valence-electron chi connectivity index (χ2n) is 4.11. The lowest BCUT2D eigenvalue weighted by molar-refractivity contribution is 0.0152. The number of rotatable bonds is 3. The predicted octanol–water partition coefficient (Wildman–Crippen LogP) is 3.02. The summed E-state index contributed by atoms with van der Waals surface area (Å²) >= 11 is 5.88. The van der Waals surface area contributed by atoms with Crippen LogP contribution in [0, 0.1) is 0 Å². The third-order valence-electron chi connectivity index (χ3n) is 2.93. The minimum atomic E-state index is -0.370. The molecule has 1 aliphatic carbocycles. The molecule has 0 heterocycles. The van der Waals surface area contributed by atoms with Gasteiger partial charge in [0.05, 0.1) is 6.61 Å². The molecule has 1 aliphatic rings. The number of benzene rings is 1. The fraction of sp³-hybridized carbons (Fsp3) is 0.500. The van der Waals surface area contributed by atoms with Crippen molar-refractivity contribution in [3.8, 4) is 5.75 Å². The van der Waals surface area contributed by atoms with Gasteiger partial charge in [0.2, 0.25) is 0 Å². The van der Waals surface area contributed by atoms with Crippen LogP contribution < -0.4 is 4.74 Å². The monoisotopic (exact) mass is 226 g/mol. The van der Waals surface area contributed by atoms with Crippen LogP contribution in [0.1, 0.15) is 25.7 Å². The average Bonchev–Trinajstić information content (AvgIpc) is 2.67. The van der Waals surface area contributed by atoms with Gasteiger partial charge in [0, 0.05) is 5.02 Å². The third kappa shape index (κ3) is 2.44. The Morgan fingerprint density at radius 3 is 2.67 bits per heavy atom. The normalized spacial score (nSPS) is 19.1. The first-order valence-electron chi connectivity index (χ1n) is 5.30. The Labute approximate surface area is 94.8 Å². The molecule has 0 amide bonds. The predicted molar refractivity (Wildman–Crippen MR) is 60.4 cm³/mol. The fourth-order valence-corrected chi connectivity index (χ4v) is 2.27. The second-order valence-corrected chi connectivity index (χ2v) is 4.54. The fourth-order valence-electron chi connectivity index (χ4n) is 2.09. The molecule has 15 heavy (non-hydrogen) atoms. The van der Waals surface area contributed by atoms with Gasteiger partial charge in [-0.2, -0.15) is 0 Å². The van der Waals surface area contributed by atoms with Gasteiger partial charge < -0.3 is 9.84 Å². The molecule has 0 aliphatic heterocycles. The molecule has 1 aromatic carbocycles. The first kappa shape index (κ1) is 10.8. The number of hydrogen-bond donors (Lipinski definition) is 1. The van der Waals surface area contributed by atoms with Crippen LogP contribution in [0.2, 0.25) is 5.02 Å². The van der Waals surface area contributed by atoms with Crippen molar-refractivity contribution in [1.82, 2.24) is 0 Å². The first-order valence-corrected chi connectivity index (χ1v) is 5.67. The van der Waals surface area contributed by atoms with Crippen LogP contribution in [0.15, 0.2) is 24.3 Å². The first-order chi connectivity index (χ1) is 7.24. The number of halogens is 1. The SMILES string of the molecule is OCC1(Oc2cccc(Cl)c2)CCCC1. The summed E-state index contributed by atoms with van der Waals surface area (Å²) in [5.74, 6) is 0.749. The van der Waals surface area contributed by atoms with Crippen molar-refractivity contribution >= 4 is 11.6 Å². The molecule has 1 aromatic rings. The molecule has 1 saturated carbocycles. The van der Waals surface area contributed by atoms with Crippen LogP contribution in [0.3, 0.4) is 0 Å². The molecule has 0 spiro atoms. The van der Waals surface area contributed by atoms with Crippen LogP contribution in [-0.4, -0.2) is 17.3 Å². The Bertz CT molecular complexity index is 332. The standard InChI is InChI=1S/C12H15ClO2/c13-10-4-3-5-11(8-10)15-12(9-14)6-1-2-7-12/h3-5,8,14H,1-2,6-7,9H2. The van der Waals surface area contributed by atoms with Crippen molar-refractivity contribution in [2.75, 3.05) is 6.61 Å². The molecule has 3 heteroatoms. The van der Waals surface area contributed by atoms with E-state index in [4.69, 9.17) is 16.3 Å². The van der Waals surface area contributed by atoms with E-state index >= 15 is 0 Å². The zero-order valence-electron chi connectivity index (χ0n) is 8.58. The highest BCUT2D eigenvalue weighted by atomic mass is 35.5. The molecule has 0 saturated heterocycles. The Hall–Kier alpha value is -0.730. The largest absolute Gasteiger partial charge is 0.485 e. The van der Waals surface area contributed by atoms with E-state index in [2.05, 4.69) is 0 Å².